The third-order valence-corrected chi connectivity index (χ3v) is 2.98. The fourth-order valence-corrected chi connectivity index (χ4v) is 1.78. The van der Waals surface area contributed by atoms with Crippen molar-refractivity contribution in [3.8, 4) is 0 Å². The highest BCUT2D eigenvalue weighted by Crippen LogP contribution is 2.04. The van der Waals surface area contributed by atoms with Gasteiger partial charge in [0.05, 0.1) is 0 Å². The predicted molar refractivity (Wildman–Crippen MR) is 74.8 cm³/mol. The van der Waals surface area contributed by atoms with Crippen molar-refractivity contribution in [2.45, 2.75) is 26.7 Å². The number of rotatable bonds is 5. The van der Waals surface area contributed by atoms with Gasteiger partial charge in [-0.05, 0) is 0 Å². The molecule has 0 atom stereocenters. The zero-order chi connectivity index (χ0) is 15.4. The topological polar surface area (TPSA) is 102 Å². The fraction of sp³-hybridized carbons (Fsp3) is 0.583. The summed E-state index contributed by atoms with van der Waals surface area (Å²) in [6.45, 7) is 4.18. The second-order valence-corrected chi connectivity index (χ2v) is 4.66. The highest BCUT2D eigenvalue weighted by Gasteiger charge is 2.14. The summed E-state index contributed by atoms with van der Waals surface area (Å²) in [5.74, 6) is 2.22. The Morgan fingerprint density at radius 1 is 1.43 bits per heavy atom. The van der Waals surface area contributed by atoms with Crippen LogP contribution in [0.5, 0.6) is 0 Å². The maximum Gasteiger partial charge on any atom is 0.324 e. The minimum absolute atomic E-state index is 0.275. The third-order valence-electron chi connectivity index (χ3n) is 2.98. The number of carbonyl (C=O) groups is 1. The lowest BCUT2D eigenvalue weighted by Gasteiger charge is -2.15. The Morgan fingerprint density at radius 3 is 2.76 bits per heavy atom. The molecule has 0 aliphatic rings. The predicted octanol–water partition coefficient (Wildman–Crippen LogP) is 0.775. The van der Waals surface area contributed by atoms with E-state index in [1.165, 1.54) is 4.90 Å². The van der Waals surface area contributed by atoms with Crippen molar-refractivity contribution in [1.29, 1.82) is 0 Å². The number of urea groups is 1. The van der Waals surface area contributed by atoms with Crippen LogP contribution in [-0.4, -0.2) is 49.4 Å². The van der Waals surface area contributed by atoms with E-state index >= 15 is 0 Å². The molecule has 114 valence electrons. The van der Waals surface area contributed by atoms with E-state index in [1.807, 2.05) is 6.92 Å². The molecule has 0 aliphatic carbocycles. The first kappa shape index (κ1) is 14.9. The molecule has 0 radical (unpaired) electrons. The van der Waals surface area contributed by atoms with Crippen LogP contribution in [0.1, 0.15) is 24.5 Å². The molecular weight excluding hydrogens is 274 g/mol. The van der Waals surface area contributed by atoms with Gasteiger partial charge in [-0.1, -0.05) is 12.1 Å². The zero-order valence-electron chi connectivity index (χ0n) is 12.6. The van der Waals surface area contributed by atoms with Gasteiger partial charge < -0.3 is 9.42 Å². The van der Waals surface area contributed by atoms with Gasteiger partial charge in [-0.15, -0.1) is 5.10 Å². The van der Waals surface area contributed by atoms with Crippen LogP contribution in [0, 0.1) is 6.92 Å². The van der Waals surface area contributed by atoms with E-state index in [2.05, 4.69) is 25.5 Å². The number of hydrogen-bond donors (Lipinski definition) is 1. The van der Waals surface area contributed by atoms with E-state index in [-0.39, 0.29) is 6.03 Å². The minimum atomic E-state index is -0.275. The van der Waals surface area contributed by atoms with Crippen LogP contribution in [0.15, 0.2) is 4.52 Å². The number of hydrogen-bond acceptors (Lipinski definition) is 6. The van der Waals surface area contributed by atoms with E-state index in [1.54, 1.807) is 25.7 Å². The van der Waals surface area contributed by atoms with Crippen LogP contribution < -0.4 is 5.32 Å². The van der Waals surface area contributed by atoms with Crippen LogP contribution in [0.4, 0.5) is 10.7 Å². The summed E-state index contributed by atoms with van der Waals surface area (Å²) in [5, 5.41) is 10.6. The molecule has 0 bridgehead atoms. The lowest BCUT2D eigenvalue weighted by atomic mass is 10.4. The van der Waals surface area contributed by atoms with Crippen molar-refractivity contribution in [3.05, 3.63) is 17.5 Å². The van der Waals surface area contributed by atoms with Gasteiger partial charge in [0, 0.05) is 40.4 Å². The van der Waals surface area contributed by atoms with Gasteiger partial charge in [0.15, 0.2) is 5.82 Å². The minimum Gasteiger partial charge on any atom is -0.340 e. The first-order valence-corrected chi connectivity index (χ1v) is 6.70. The van der Waals surface area contributed by atoms with Crippen molar-refractivity contribution in [2.24, 2.45) is 7.05 Å². The molecule has 0 fully saturated rings. The third kappa shape index (κ3) is 3.77. The maximum atomic E-state index is 12.0. The molecule has 2 aromatic rings. The average molecular weight is 293 g/mol. The second kappa shape index (κ2) is 6.33. The van der Waals surface area contributed by atoms with Gasteiger partial charge in [-0.2, -0.15) is 9.97 Å². The lowest BCUT2D eigenvalue weighted by Crippen LogP contribution is -2.33. The summed E-state index contributed by atoms with van der Waals surface area (Å²) in [5.41, 5.74) is 0. The number of aromatic nitrogens is 5. The average Bonchev–Trinajstić information content (AvgIpc) is 3.01. The van der Waals surface area contributed by atoms with Crippen LogP contribution >= 0.6 is 0 Å². The summed E-state index contributed by atoms with van der Waals surface area (Å²) in [7, 11) is 3.48. The highest BCUT2D eigenvalue weighted by molar-refractivity contribution is 5.87. The standard InChI is InChI=1S/C12H19N7O2/c1-5-10-14-11(16-19(10)4)15-12(20)18(3)7-6-9-13-8(2)21-17-9/h5-7H2,1-4H3,(H,15,16,20). The maximum absolute atomic E-state index is 12.0. The van der Waals surface area contributed by atoms with Crippen molar-refractivity contribution in [1.82, 2.24) is 29.8 Å². The van der Waals surface area contributed by atoms with Crippen molar-refractivity contribution >= 4 is 12.0 Å². The van der Waals surface area contributed by atoms with E-state index < -0.39 is 0 Å². The Morgan fingerprint density at radius 2 is 2.19 bits per heavy atom. The Hall–Kier alpha value is -2.45. The van der Waals surface area contributed by atoms with Crippen molar-refractivity contribution < 1.29 is 9.32 Å². The van der Waals surface area contributed by atoms with Gasteiger partial charge in [0.25, 0.3) is 0 Å². The smallest absolute Gasteiger partial charge is 0.324 e. The fourth-order valence-electron chi connectivity index (χ4n) is 1.78. The first-order valence-electron chi connectivity index (χ1n) is 6.70. The quantitative estimate of drug-likeness (QED) is 0.873. The molecule has 2 heterocycles. The number of amides is 2. The molecule has 2 aromatic heterocycles. The normalized spacial score (nSPS) is 10.7. The Balaban J connectivity index is 1.86. The molecule has 0 aromatic carbocycles. The Labute approximate surface area is 122 Å². The zero-order valence-corrected chi connectivity index (χ0v) is 12.6. The molecule has 0 aliphatic heterocycles. The number of anilines is 1. The number of nitrogens with one attached hydrogen (secondary N) is 1. The molecule has 0 unspecified atom stereocenters. The van der Waals surface area contributed by atoms with Crippen molar-refractivity contribution in [3.63, 3.8) is 0 Å². The number of nitrogens with zero attached hydrogens (tertiary/aromatic N) is 6. The first-order chi connectivity index (χ1) is 9.99. The molecule has 0 saturated carbocycles. The van der Waals surface area contributed by atoms with Gasteiger partial charge in [0.2, 0.25) is 11.8 Å². The molecule has 1 N–H and O–H groups in total. The number of carbonyl (C=O) groups excluding carboxylic acids is 1. The summed E-state index contributed by atoms with van der Waals surface area (Å²) in [6.07, 6.45) is 1.28. The summed E-state index contributed by atoms with van der Waals surface area (Å²) in [4.78, 5) is 21.8. The molecule has 0 saturated heterocycles. The molecule has 0 spiro atoms. The molecule has 2 amide bonds. The summed E-state index contributed by atoms with van der Waals surface area (Å²) >= 11 is 0. The van der Waals surface area contributed by atoms with Gasteiger partial charge in [0.1, 0.15) is 5.82 Å². The van der Waals surface area contributed by atoms with Gasteiger partial charge >= 0.3 is 6.03 Å². The van der Waals surface area contributed by atoms with Crippen molar-refractivity contribution in [2.75, 3.05) is 18.9 Å². The van der Waals surface area contributed by atoms with Crippen LogP contribution in [-0.2, 0) is 19.9 Å². The van der Waals surface area contributed by atoms with Crippen LogP contribution in [0.3, 0.4) is 0 Å². The largest absolute Gasteiger partial charge is 0.340 e. The second-order valence-electron chi connectivity index (χ2n) is 4.66. The summed E-state index contributed by atoms with van der Waals surface area (Å²) < 4.78 is 6.53. The number of aryl methyl sites for hydroxylation is 3. The van der Waals surface area contributed by atoms with Gasteiger partial charge in [-0.3, -0.25) is 10.00 Å². The van der Waals surface area contributed by atoms with Crippen LogP contribution in [0.25, 0.3) is 0 Å². The Bertz CT molecular complexity index is 619. The SMILES string of the molecule is CCc1nc(NC(=O)N(C)CCc2noc(C)n2)nn1C. The van der Waals surface area contributed by atoms with Gasteiger partial charge in [-0.25, -0.2) is 4.79 Å². The molecular formula is C12H19N7O2. The molecule has 9 nitrogen and oxygen atoms in total. The van der Waals surface area contributed by atoms with E-state index in [0.29, 0.717) is 30.6 Å². The highest BCUT2D eigenvalue weighted by atomic mass is 16.5. The Kier molecular flexibility index (Phi) is 4.51. The van der Waals surface area contributed by atoms with E-state index in [9.17, 15) is 4.79 Å². The van der Waals surface area contributed by atoms with Crippen LogP contribution in [0.2, 0.25) is 0 Å². The van der Waals surface area contributed by atoms with E-state index in [0.717, 1.165) is 12.2 Å². The lowest BCUT2D eigenvalue weighted by molar-refractivity contribution is 0.222. The number of likely N-dealkylation sites (N-methyl/N-ethyl adjacent to an activating group) is 1. The molecule has 21 heavy (non-hydrogen) atoms. The molecule has 2 rings (SSSR count). The summed E-state index contributed by atoms with van der Waals surface area (Å²) in [6, 6.07) is -0.275. The molecule has 9 heteroatoms. The van der Waals surface area contributed by atoms with E-state index in [4.69, 9.17) is 4.52 Å². The monoisotopic (exact) mass is 293 g/mol.